The summed E-state index contributed by atoms with van der Waals surface area (Å²) in [5, 5.41) is 0. The summed E-state index contributed by atoms with van der Waals surface area (Å²) in [5.74, 6) is 5.66. The molecular formula is C33H51FO. The molecule has 1 aromatic carbocycles. The van der Waals surface area contributed by atoms with Gasteiger partial charge in [0, 0.05) is 0 Å². The van der Waals surface area contributed by atoms with Gasteiger partial charge in [0.05, 0.1) is 0 Å². The van der Waals surface area contributed by atoms with Crippen LogP contribution in [0.5, 0.6) is 5.75 Å². The van der Waals surface area contributed by atoms with Crippen LogP contribution in [0.15, 0.2) is 30.4 Å². The third-order valence-electron chi connectivity index (χ3n) is 9.91. The molecule has 3 fully saturated rings. The van der Waals surface area contributed by atoms with Crippen LogP contribution >= 0.6 is 0 Å². The lowest BCUT2D eigenvalue weighted by Gasteiger charge is -2.45. The van der Waals surface area contributed by atoms with Gasteiger partial charge in [0.2, 0.25) is 0 Å². The van der Waals surface area contributed by atoms with E-state index in [-0.39, 0.29) is 5.82 Å². The highest BCUT2D eigenvalue weighted by atomic mass is 19.1. The Morgan fingerprint density at radius 2 is 1.51 bits per heavy atom. The molecule has 0 aliphatic heterocycles. The van der Waals surface area contributed by atoms with Crippen LogP contribution in [0.2, 0.25) is 0 Å². The van der Waals surface area contributed by atoms with E-state index in [0.717, 1.165) is 29.6 Å². The lowest BCUT2D eigenvalue weighted by molar-refractivity contribution is 0.0613. The number of benzene rings is 1. The van der Waals surface area contributed by atoms with Gasteiger partial charge in [0.15, 0.2) is 11.6 Å². The Kier molecular flexibility index (Phi) is 10.6. The first-order valence-corrected chi connectivity index (χ1v) is 15.2. The van der Waals surface area contributed by atoms with Crippen LogP contribution in [0, 0.1) is 35.4 Å². The largest absolute Gasteiger partial charge is 0.486 e. The summed E-state index contributed by atoms with van der Waals surface area (Å²) in [4.78, 5) is 0. The number of allylic oxidation sites excluding steroid dienone is 1. The Bertz CT molecular complexity index is 777. The molecule has 196 valence electrons. The van der Waals surface area contributed by atoms with Crippen molar-refractivity contribution in [2.75, 3.05) is 6.61 Å². The van der Waals surface area contributed by atoms with Gasteiger partial charge in [-0.2, -0.15) is 0 Å². The Hall–Kier alpha value is -1.31. The first-order chi connectivity index (χ1) is 17.2. The summed E-state index contributed by atoms with van der Waals surface area (Å²) in [6.45, 7) is 4.69. The van der Waals surface area contributed by atoms with Crippen molar-refractivity contribution in [3.63, 3.8) is 0 Å². The summed E-state index contributed by atoms with van der Waals surface area (Å²) in [6, 6.07) is 5.68. The van der Waals surface area contributed by atoms with Crippen molar-refractivity contribution in [1.82, 2.24) is 0 Å². The van der Waals surface area contributed by atoms with Gasteiger partial charge in [-0.05, 0) is 118 Å². The highest BCUT2D eigenvalue weighted by Crippen LogP contribution is 2.50. The van der Waals surface area contributed by atoms with Gasteiger partial charge in [-0.3, -0.25) is 0 Å². The number of ether oxygens (including phenoxy) is 1. The van der Waals surface area contributed by atoms with Crippen molar-refractivity contribution in [1.29, 1.82) is 0 Å². The smallest absolute Gasteiger partial charge is 0.165 e. The molecule has 4 unspecified atom stereocenters. The van der Waals surface area contributed by atoms with E-state index in [1.165, 1.54) is 108 Å². The maximum absolute atomic E-state index is 14.6. The second-order valence-electron chi connectivity index (χ2n) is 12.2. The molecule has 0 N–H and O–H groups in total. The second kappa shape index (κ2) is 13.8. The van der Waals surface area contributed by atoms with Crippen molar-refractivity contribution in [2.24, 2.45) is 29.6 Å². The van der Waals surface area contributed by atoms with E-state index in [4.69, 9.17) is 4.74 Å². The Balaban J connectivity index is 1.19. The van der Waals surface area contributed by atoms with Gasteiger partial charge in [-0.25, -0.2) is 4.39 Å². The maximum Gasteiger partial charge on any atom is 0.165 e. The zero-order valence-corrected chi connectivity index (χ0v) is 22.7. The molecule has 0 heterocycles. The van der Waals surface area contributed by atoms with Crippen LogP contribution in [0.4, 0.5) is 4.39 Å². The van der Waals surface area contributed by atoms with Crippen LogP contribution in [-0.2, 0) is 0 Å². The topological polar surface area (TPSA) is 9.23 Å². The van der Waals surface area contributed by atoms with Gasteiger partial charge in [-0.1, -0.05) is 70.1 Å². The second-order valence-corrected chi connectivity index (χ2v) is 12.2. The van der Waals surface area contributed by atoms with E-state index in [1.54, 1.807) is 6.07 Å². The summed E-state index contributed by atoms with van der Waals surface area (Å²) in [7, 11) is 0. The molecule has 0 radical (unpaired) electrons. The highest BCUT2D eigenvalue weighted by Gasteiger charge is 2.38. The lowest BCUT2D eigenvalue weighted by Crippen LogP contribution is -2.34. The molecule has 2 heteroatoms. The van der Waals surface area contributed by atoms with E-state index in [2.05, 4.69) is 13.0 Å². The van der Waals surface area contributed by atoms with Crippen LogP contribution in [0.25, 0.3) is 0 Å². The average Bonchev–Trinajstić information content (AvgIpc) is 2.89. The van der Waals surface area contributed by atoms with Crippen LogP contribution in [0.1, 0.15) is 128 Å². The molecule has 1 nitrogen and oxygen atoms in total. The van der Waals surface area contributed by atoms with Gasteiger partial charge >= 0.3 is 0 Å². The maximum atomic E-state index is 14.6. The molecule has 0 spiro atoms. The molecule has 0 saturated heterocycles. The minimum Gasteiger partial charge on any atom is -0.486 e. The number of hydrogen-bond acceptors (Lipinski definition) is 1. The predicted molar refractivity (Wildman–Crippen MR) is 146 cm³/mol. The molecule has 4 rings (SSSR count). The molecule has 0 bridgehead atoms. The molecule has 3 aliphatic rings. The van der Waals surface area contributed by atoms with Crippen LogP contribution in [0.3, 0.4) is 0 Å². The zero-order chi connectivity index (χ0) is 24.5. The predicted octanol–water partition coefficient (Wildman–Crippen LogP) is 10.2. The van der Waals surface area contributed by atoms with Gasteiger partial charge in [0.1, 0.15) is 6.61 Å². The Morgan fingerprint density at radius 3 is 2.26 bits per heavy atom. The van der Waals surface area contributed by atoms with Gasteiger partial charge < -0.3 is 4.74 Å². The van der Waals surface area contributed by atoms with E-state index in [0.29, 0.717) is 18.3 Å². The molecule has 0 aromatic heterocycles. The summed E-state index contributed by atoms with van der Waals surface area (Å²) < 4.78 is 20.1. The van der Waals surface area contributed by atoms with Gasteiger partial charge in [0.25, 0.3) is 0 Å². The minimum atomic E-state index is -0.205. The third-order valence-corrected chi connectivity index (χ3v) is 9.91. The lowest BCUT2D eigenvalue weighted by atomic mass is 9.60. The molecule has 1 aromatic rings. The number of halogens is 1. The SMILES string of the molecule is C/C=C/COc1ccc(C2CCC(C3CCC4CC(CCCCCCC)CCC4C3)CC2)cc1F. The number of rotatable bonds is 11. The van der Waals surface area contributed by atoms with Crippen LogP contribution in [-0.4, -0.2) is 6.61 Å². The van der Waals surface area contributed by atoms with Crippen LogP contribution < -0.4 is 4.74 Å². The number of fused-ring (bicyclic) bond motifs is 1. The monoisotopic (exact) mass is 482 g/mol. The molecule has 3 saturated carbocycles. The molecule has 0 amide bonds. The van der Waals surface area contributed by atoms with Crippen molar-refractivity contribution >= 4 is 0 Å². The fourth-order valence-electron chi connectivity index (χ4n) is 7.80. The molecule has 35 heavy (non-hydrogen) atoms. The summed E-state index contributed by atoms with van der Waals surface area (Å²) in [5.41, 5.74) is 1.18. The molecular weight excluding hydrogens is 431 g/mol. The van der Waals surface area contributed by atoms with E-state index < -0.39 is 0 Å². The minimum absolute atomic E-state index is 0.205. The summed E-state index contributed by atoms with van der Waals surface area (Å²) >= 11 is 0. The van der Waals surface area contributed by atoms with Crippen molar-refractivity contribution in [3.8, 4) is 5.75 Å². The van der Waals surface area contributed by atoms with E-state index in [1.807, 2.05) is 25.1 Å². The first-order valence-electron chi connectivity index (χ1n) is 15.2. The third kappa shape index (κ3) is 7.59. The van der Waals surface area contributed by atoms with E-state index >= 15 is 0 Å². The van der Waals surface area contributed by atoms with Crippen molar-refractivity contribution in [3.05, 3.63) is 41.7 Å². The Morgan fingerprint density at radius 1 is 0.829 bits per heavy atom. The van der Waals surface area contributed by atoms with Crippen molar-refractivity contribution < 1.29 is 9.13 Å². The highest BCUT2D eigenvalue weighted by molar-refractivity contribution is 5.31. The standard InChI is InChI=1S/C33H51FO/c1-3-5-7-8-9-10-25-11-12-30-23-29(18-17-28(30)22-25)26-13-15-27(16-14-26)31-19-20-33(32(34)24-31)35-21-6-4-2/h4,6,19-20,24-30H,3,5,7-18,21-23H2,1-2H3/b6-4+. The fraction of sp³-hybridized carbons (Fsp3) is 0.758. The Labute approximate surface area is 215 Å². The molecule has 3 aliphatic carbocycles. The summed E-state index contributed by atoms with van der Waals surface area (Å²) in [6.07, 6.45) is 26.7. The molecule has 4 atom stereocenters. The quantitative estimate of drug-likeness (QED) is 0.225. The van der Waals surface area contributed by atoms with E-state index in [9.17, 15) is 4.39 Å². The number of unbranched alkanes of at least 4 members (excludes halogenated alkanes) is 4. The average molecular weight is 483 g/mol. The normalized spacial score (nSPS) is 31.4. The van der Waals surface area contributed by atoms with Gasteiger partial charge in [-0.15, -0.1) is 0 Å². The first kappa shape index (κ1) is 26.7. The zero-order valence-electron chi connectivity index (χ0n) is 22.7. The fourth-order valence-corrected chi connectivity index (χ4v) is 7.80. The number of hydrogen-bond donors (Lipinski definition) is 0. The van der Waals surface area contributed by atoms with Crippen molar-refractivity contribution in [2.45, 2.75) is 122 Å².